The van der Waals surface area contributed by atoms with Gasteiger partial charge >= 0.3 is 0 Å². The molecule has 0 aliphatic heterocycles. The van der Waals surface area contributed by atoms with Crippen molar-refractivity contribution in [1.82, 2.24) is 5.32 Å². The molecule has 1 saturated carbocycles. The predicted molar refractivity (Wildman–Crippen MR) is 50.7 cm³/mol. The van der Waals surface area contributed by atoms with Crippen molar-refractivity contribution in [3.63, 3.8) is 0 Å². The fourth-order valence-electron chi connectivity index (χ4n) is 2.85. The van der Waals surface area contributed by atoms with Gasteiger partial charge in [-0.25, -0.2) is 0 Å². The number of rotatable bonds is 2. The number of hydrogen-bond acceptors (Lipinski definition) is 2. The fraction of sp³-hybridized carbons (Fsp3) is 0.800. The molecule has 0 radical (unpaired) electrons. The maximum Gasteiger partial charge on any atom is 0.0173 e. The van der Waals surface area contributed by atoms with Gasteiger partial charge in [0, 0.05) is 6.04 Å². The minimum absolute atomic E-state index is 0.638. The summed E-state index contributed by atoms with van der Waals surface area (Å²) in [6.07, 6.45) is 7.45. The number of nitrogens with one attached hydrogen (secondary N) is 1. The highest BCUT2D eigenvalue weighted by atomic mass is 14.9. The summed E-state index contributed by atoms with van der Waals surface area (Å²) in [6, 6.07) is 0.638. The van der Waals surface area contributed by atoms with Gasteiger partial charge in [-0.1, -0.05) is 12.2 Å². The summed E-state index contributed by atoms with van der Waals surface area (Å²) in [7, 11) is 2.06. The van der Waals surface area contributed by atoms with E-state index < -0.39 is 0 Å². The molecule has 3 aliphatic carbocycles. The molecule has 0 aromatic rings. The molecule has 2 heteroatoms. The quantitative estimate of drug-likeness (QED) is 0.594. The first-order valence-electron chi connectivity index (χ1n) is 4.92. The van der Waals surface area contributed by atoms with Gasteiger partial charge < -0.3 is 11.1 Å². The Balaban J connectivity index is 2.18. The van der Waals surface area contributed by atoms with Gasteiger partial charge in [0.15, 0.2) is 0 Å². The van der Waals surface area contributed by atoms with Gasteiger partial charge in [0.05, 0.1) is 0 Å². The Morgan fingerprint density at radius 3 is 2.42 bits per heavy atom. The lowest BCUT2D eigenvalue weighted by Gasteiger charge is -2.44. The summed E-state index contributed by atoms with van der Waals surface area (Å²) in [4.78, 5) is 0. The third-order valence-corrected chi connectivity index (χ3v) is 3.52. The van der Waals surface area contributed by atoms with E-state index in [-0.39, 0.29) is 0 Å². The molecule has 4 atom stereocenters. The zero-order valence-electron chi connectivity index (χ0n) is 7.66. The van der Waals surface area contributed by atoms with E-state index in [0.29, 0.717) is 12.0 Å². The number of hydrogen-bond donors (Lipinski definition) is 2. The van der Waals surface area contributed by atoms with Crippen LogP contribution in [0.1, 0.15) is 12.8 Å². The van der Waals surface area contributed by atoms with E-state index in [2.05, 4.69) is 24.5 Å². The van der Waals surface area contributed by atoms with E-state index in [1.165, 1.54) is 12.8 Å². The summed E-state index contributed by atoms with van der Waals surface area (Å²) in [5.41, 5.74) is 5.78. The Kier molecular flexibility index (Phi) is 2.20. The molecule has 2 bridgehead atoms. The molecule has 0 aromatic carbocycles. The molecule has 12 heavy (non-hydrogen) atoms. The first kappa shape index (κ1) is 8.27. The van der Waals surface area contributed by atoms with Crippen LogP contribution in [0.25, 0.3) is 0 Å². The zero-order valence-corrected chi connectivity index (χ0v) is 7.66. The number of nitrogens with two attached hydrogens (primary N) is 1. The fourth-order valence-corrected chi connectivity index (χ4v) is 2.85. The van der Waals surface area contributed by atoms with E-state index in [4.69, 9.17) is 5.73 Å². The van der Waals surface area contributed by atoms with Crippen LogP contribution < -0.4 is 11.1 Å². The smallest absolute Gasteiger partial charge is 0.0173 e. The highest BCUT2D eigenvalue weighted by molar-refractivity contribution is 5.12. The molecule has 3 aliphatic rings. The maximum absolute atomic E-state index is 5.78. The minimum Gasteiger partial charge on any atom is -0.330 e. The van der Waals surface area contributed by atoms with Crippen LogP contribution in [-0.2, 0) is 0 Å². The summed E-state index contributed by atoms with van der Waals surface area (Å²) >= 11 is 0. The van der Waals surface area contributed by atoms with E-state index in [9.17, 15) is 0 Å². The summed E-state index contributed by atoms with van der Waals surface area (Å²) in [5, 5.41) is 3.41. The van der Waals surface area contributed by atoms with Crippen molar-refractivity contribution < 1.29 is 0 Å². The van der Waals surface area contributed by atoms with Crippen LogP contribution in [-0.4, -0.2) is 19.6 Å². The van der Waals surface area contributed by atoms with Crippen LogP contribution in [0.15, 0.2) is 12.2 Å². The predicted octanol–water partition coefficient (Wildman–Crippen LogP) is 0.745. The lowest BCUT2D eigenvalue weighted by Crippen LogP contribution is -2.51. The van der Waals surface area contributed by atoms with Crippen molar-refractivity contribution >= 4 is 0 Å². The van der Waals surface area contributed by atoms with Crippen LogP contribution in [0.5, 0.6) is 0 Å². The standard InChI is InChI=1S/C10H18N2/c1-12-10-8-4-2-7(3-5-8)9(10)6-11/h2,4,7-10,12H,3,5-6,11H2,1H3. The summed E-state index contributed by atoms with van der Waals surface area (Å²) in [6.45, 7) is 0.830. The second kappa shape index (κ2) is 3.19. The molecule has 1 fully saturated rings. The molecule has 68 valence electrons. The van der Waals surface area contributed by atoms with E-state index >= 15 is 0 Å². The molecule has 0 amide bonds. The van der Waals surface area contributed by atoms with Gasteiger partial charge in [0.2, 0.25) is 0 Å². The van der Waals surface area contributed by atoms with Gasteiger partial charge in [-0.3, -0.25) is 0 Å². The normalized spacial score (nSPS) is 45.2. The second-order valence-corrected chi connectivity index (χ2v) is 4.00. The molecule has 3 rings (SSSR count). The minimum atomic E-state index is 0.638. The molecule has 2 nitrogen and oxygen atoms in total. The van der Waals surface area contributed by atoms with Gasteiger partial charge in [0.25, 0.3) is 0 Å². The molecular weight excluding hydrogens is 148 g/mol. The van der Waals surface area contributed by atoms with Crippen LogP contribution in [0.4, 0.5) is 0 Å². The summed E-state index contributed by atoms with van der Waals surface area (Å²) < 4.78 is 0. The monoisotopic (exact) mass is 166 g/mol. The van der Waals surface area contributed by atoms with E-state index in [1.807, 2.05) is 0 Å². The van der Waals surface area contributed by atoms with Crippen molar-refractivity contribution in [3.05, 3.63) is 12.2 Å². The van der Waals surface area contributed by atoms with Crippen molar-refractivity contribution in [2.45, 2.75) is 18.9 Å². The van der Waals surface area contributed by atoms with Crippen molar-refractivity contribution in [2.24, 2.45) is 23.5 Å². The van der Waals surface area contributed by atoms with Crippen molar-refractivity contribution in [1.29, 1.82) is 0 Å². The largest absolute Gasteiger partial charge is 0.330 e. The Morgan fingerprint density at radius 2 is 2.00 bits per heavy atom. The molecule has 0 saturated heterocycles. The Bertz CT molecular complexity index is 168. The Hall–Kier alpha value is -0.340. The lowest BCUT2D eigenvalue weighted by molar-refractivity contribution is 0.164. The maximum atomic E-state index is 5.78. The first-order valence-corrected chi connectivity index (χ1v) is 4.92. The van der Waals surface area contributed by atoms with Crippen LogP contribution in [0.2, 0.25) is 0 Å². The number of fused-ring (bicyclic) bond motifs is 2. The average Bonchev–Trinajstić information content (AvgIpc) is 2.18. The summed E-state index contributed by atoms with van der Waals surface area (Å²) in [5.74, 6) is 2.17. The highest BCUT2D eigenvalue weighted by Crippen LogP contribution is 2.39. The second-order valence-electron chi connectivity index (χ2n) is 4.00. The first-order chi connectivity index (χ1) is 5.86. The van der Waals surface area contributed by atoms with Crippen LogP contribution in [0.3, 0.4) is 0 Å². The Labute approximate surface area is 74.2 Å². The topological polar surface area (TPSA) is 38.0 Å². The number of allylic oxidation sites excluding steroid dienone is 1. The average molecular weight is 166 g/mol. The molecular formula is C10H18N2. The molecule has 4 unspecified atom stereocenters. The molecule has 3 N–H and O–H groups in total. The van der Waals surface area contributed by atoms with Crippen LogP contribution in [0, 0.1) is 17.8 Å². The third-order valence-electron chi connectivity index (χ3n) is 3.52. The Morgan fingerprint density at radius 1 is 1.33 bits per heavy atom. The van der Waals surface area contributed by atoms with Gasteiger partial charge in [-0.05, 0) is 44.2 Å². The lowest BCUT2D eigenvalue weighted by atomic mass is 9.66. The van der Waals surface area contributed by atoms with Gasteiger partial charge in [-0.15, -0.1) is 0 Å². The SMILES string of the molecule is CNC1C2C=CC(CC2)C1CN. The highest BCUT2D eigenvalue weighted by Gasteiger charge is 2.38. The van der Waals surface area contributed by atoms with E-state index in [1.54, 1.807) is 0 Å². The van der Waals surface area contributed by atoms with Crippen LogP contribution >= 0.6 is 0 Å². The molecule has 0 aromatic heterocycles. The van der Waals surface area contributed by atoms with Crippen molar-refractivity contribution in [3.8, 4) is 0 Å². The zero-order chi connectivity index (χ0) is 8.55. The van der Waals surface area contributed by atoms with E-state index in [0.717, 1.165) is 18.4 Å². The molecule has 0 spiro atoms. The molecule has 0 heterocycles. The third kappa shape index (κ3) is 1.10. The van der Waals surface area contributed by atoms with Gasteiger partial charge in [-0.2, -0.15) is 0 Å². The van der Waals surface area contributed by atoms with Gasteiger partial charge in [0.1, 0.15) is 0 Å². The van der Waals surface area contributed by atoms with Crippen molar-refractivity contribution in [2.75, 3.05) is 13.6 Å².